The Morgan fingerprint density at radius 2 is 2.19 bits per heavy atom. The van der Waals surface area contributed by atoms with Crippen molar-refractivity contribution in [3.05, 3.63) is 18.2 Å². The molecule has 3 rings (SSSR count). The van der Waals surface area contributed by atoms with Crippen molar-refractivity contribution in [2.45, 2.75) is 17.0 Å². The van der Waals surface area contributed by atoms with E-state index in [2.05, 4.69) is 20.2 Å². The number of benzene rings is 1. The molecule has 2 heterocycles. The van der Waals surface area contributed by atoms with Gasteiger partial charge in [0.1, 0.15) is 15.9 Å². The molecule has 1 saturated heterocycles. The van der Waals surface area contributed by atoms with Gasteiger partial charge in [-0.05, 0) is 12.1 Å². The van der Waals surface area contributed by atoms with Crippen LogP contribution in [0.1, 0.15) is 0 Å². The molecule has 1 aliphatic heterocycles. The molecule has 0 radical (unpaired) electrons. The summed E-state index contributed by atoms with van der Waals surface area (Å²) >= 11 is 0. The molecule has 2 N–H and O–H groups in total. The van der Waals surface area contributed by atoms with Gasteiger partial charge in [-0.1, -0.05) is 6.07 Å². The Morgan fingerprint density at radius 3 is 2.95 bits per heavy atom. The number of aryl methyl sites for hydroxylation is 1. The van der Waals surface area contributed by atoms with E-state index < -0.39 is 10.0 Å². The fourth-order valence-electron chi connectivity index (χ4n) is 2.51. The molecule has 0 unspecified atom stereocenters. The van der Waals surface area contributed by atoms with Crippen LogP contribution in [0.3, 0.4) is 0 Å². The third kappa shape index (κ3) is 2.64. The summed E-state index contributed by atoms with van der Waals surface area (Å²) in [4.78, 5) is 1.49. The van der Waals surface area contributed by atoms with E-state index in [4.69, 9.17) is 4.74 Å². The number of nitrogens with zero attached hydrogens (tertiary/aromatic N) is 3. The normalized spacial score (nSPS) is 23.0. The minimum Gasteiger partial charge on any atom is -0.378 e. The van der Waals surface area contributed by atoms with Crippen molar-refractivity contribution in [2.75, 3.05) is 20.2 Å². The van der Waals surface area contributed by atoms with Crippen molar-refractivity contribution in [2.24, 2.45) is 7.05 Å². The predicted molar refractivity (Wildman–Crippen MR) is 76.3 cm³/mol. The zero-order valence-corrected chi connectivity index (χ0v) is 12.6. The van der Waals surface area contributed by atoms with E-state index in [1.54, 1.807) is 26.3 Å². The summed E-state index contributed by atoms with van der Waals surface area (Å²) in [6, 6.07) is 4.62. The third-order valence-electron chi connectivity index (χ3n) is 3.53. The first-order chi connectivity index (χ1) is 10.0. The first-order valence-corrected chi connectivity index (χ1v) is 8.05. The summed E-state index contributed by atoms with van der Waals surface area (Å²) in [6.07, 6.45) is -0.180. The lowest BCUT2D eigenvalue weighted by molar-refractivity contribution is 0.103. The van der Waals surface area contributed by atoms with Gasteiger partial charge in [-0.15, -0.1) is 0 Å². The van der Waals surface area contributed by atoms with Crippen LogP contribution in [-0.2, 0) is 21.8 Å². The fourth-order valence-corrected chi connectivity index (χ4v) is 3.93. The van der Waals surface area contributed by atoms with E-state index in [0.29, 0.717) is 24.1 Å². The van der Waals surface area contributed by atoms with Gasteiger partial charge in [-0.2, -0.15) is 15.0 Å². The van der Waals surface area contributed by atoms with Gasteiger partial charge in [-0.3, -0.25) is 0 Å². The second-order valence-corrected chi connectivity index (χ2v) is 6.66. The highest BCUT2D eigenvalue weighted by molar-refractivity contribution is 7.89. The Hall–Kier alpha value is -1.55. The number of hydrogen-bond acceptors (Lipinski definition) is 6. The Bertz CT molecular complexity index is 757. The maximum absolute atomic E-state index is 12.6. The van der Waals surface area contributed by atoms with Crippen LogP contribution >= 0.6 is 0 Å². The van der Waals surface area contributed by atoms with Gasteiger partial charge in [0.25, 0.3) is 0 Å². The Balaban J connectivity index is 1.97. The molecule has 0 spiro atoms. The highest BCUT2D eigenvalue weighted by Gasteiger charge is 2.32. The lowest BCUT2D eigenvalue weighted by atomic mass is 10.2. The summed E-state index contributed by atoms with van der Waals surface area (Å²) in [7, 11) is -0.456. The smallest absolute Gasteiger partial charge is 0.243 e. The molecule has 1 fully saturated rings. The molecule has 1 aromatic carbocycles. The number of nitrogens with one attached hydrogen (secondary N) is 2. The van der Waals surface area contributed by atoms with E-state index in [-0.39, 0.29) is 17.0 Å². The van der Waals surface area contributed by atoms with Crippen molar-refractivity contribution in [3.63, 3.8) is 0 Å². The largest absolute Gasteiger partial charge is 0.378 e. The highest BCUT2D eigenvalue weighted by atomic mass is 32.2. The van der Waals surface area contributed by atoms with Gasteiger partial charge >= 0.3 is 0 Å². The maximum atomic E-state index is 12.6. The van der Waals surface area contributed by atoms with Gasteiger partial charge < -0.3 is 10.1 Å². The molecule has 1 aromatic heterocycles. The third-order valence-corrected chi connectivity index (χ3v) is 5.05. The van der Waals surface area contributed by atoms with Crippen LogP contribution in [0.15, 0.2) is 23.1 Å². The monoisotopic (exact) mass is 311 g/mol. The zero-order valence-electron chi connectivity index (χ0n) is 11.8. The van der Waals surface area contributed by atoms with Gasteiger partial charge in [0.05, 0.1) is 12.1 Å². The molecule has 2 atom stereocenters. The highest BCUT2D eigenvalue weighted by Crippen LogP contribution is 2.20. The van der Waals surface area contributed by atoms with Crippen LogP contribution in [-0.4, -0.2) is 55.8 Å². The summed E-state index contributed by atoms with van der Waals surface area (Å²) in [6.45, 7) is 1.16. The molecular formula is C12H17N5O3S. The molecule has 0 bridgehead atoms. The molecule has 8 nitrogen and oxygen atoms in total. The van der Waals surface area contributed by atoms with Crippen LogP contribution in [0.25, 0.3) is 11.0 Å². The average Bonchev–Trinajstić information content (AvgIpc) is 3.02. The van der Waals surface area contributed by atoms with Crippen LogP contribution in [0.4, 0.5) is 0 Å². The Kier molecular flexibility index (Phi) is 3.66. The molecule has 2 aromatic rings. The van der Waals surface area contributed by atoms with Gasteiger partial charge in [0.2, 0.25) is 10.0 Å². The Labute approximate surface area is 122 Å². The number of ether oxygens (including phenoxy) is 1. The lowest BCUT2D eigenvalue weighted by Crippen LogP contribution is -2.43. The minimum atomic E-state index is -3.69. The first-order valence-electron chi connectivity index (χ1n) is 6.57. The molecule has 0 saturated carbocycles. The van der Waals surface area contributed by atoms with Crippen LogP contribution in [0.5, 0.6) is 0 Å². The quantitative estimate of drug-likeness (QED) is 0.770. The number of aromatic nitrogens is 3. The van der Waals surface area contributed by atoms with Crippen molar-refractivity contribution in [1.82, 2.24) is 25.0 Å². The fraction of sp³-hybridized carbons (Fsp3) is 0.500. The number of hydrogen-bond donors (Lipinski definition) is 2. The molecule has 0 amide bonds. The van der Waals surface area contributed by atoms with Gasteiger partial charge in [0, 0.05) is 27.2 Å². The van der Waals surface area contributed by atoms with Crippen molar-refractivity contribution < 1.29 is 13.2 Å². The van der Waals surface area contributed by atoms with E-state index in [1.165, 1.54) is 10.9 Å². The van der Waals surface area contributed by atoms with E-state index in [9.17, 15) is 8.42 Å². The van der Waals surface area contributed by atoms with E-state index >= 15 is 0 Å². The molecule has 9 heteroatoms. The average molecular weight is 311 g/mol. The van der Waals surface area contributed by atoms with E-state index in [0.717, 1.165) is 0 Å². The van der Waals surface area contributed by atoms with Crippen LogP contribution in [0, 0.1) is 0 Å². The first kappa shape index (κ1) is 14.4. The minimum absolute atomic E-state index is 0.134. The molecule has 1 aliphatic rings. The number of sulfonamides is 1. The molecule has 0 aliphatic carbocycles. The number of rotatable bonds is 4. The standard InChI is InChI=1S/C12H17N5O3S/c1-17-14-8-4-3-5-11(12(8)15-17)21(18,19)16-9-6-13-7-10(9)20-2/h3-5,9-10,13,16H,6-7H2,1-2H3/t9-,10-/m0/s1. The zero-order chi connectivity index (χ0) is 15.0. The molecule has 21 heavy (non-hydrogen) atoms. The summed E-state index contributed by atoms with van der Waals surface area (Å²) in [5.74, 6) is 0. The van der Waals surface area contributed by atoms with Crippen molar-refractivity contribution in [1.29, 1.82) is 0 Å². The van der Waals surface area contributed by atoms with Crippen molar-refractivity contribution >= 4 is 21.1 Å². The van der Waals surface area contributed by atoms with Crippen LogP contribution < -0.4 is 10.0 Å². The van der Waals surface area contributed by atoms with Gasteiger partial charge in [-0.25, -0.2) is 13.1 Å². The van der Waals surface area contributed by atoms with Crippen molar-refractivity contribution in [3.8, 4) is 0 Å². The summed E-state index contributed by atoms with van der Waals surface area (Å²) in [5, 5.41) is 11.4. The lowest BCUT2D eigenvalue weighted by Gasteiger charge is -2.18. The van der Waals surface area contributed by atoms with Crippen LogP contribution in [0.2, 0.25) is 0 Å². The topological polar surface area (TPSA) is 98.1 Å². The molecule has 114 valence electrons. The second-order valence-electron chi connectivity index (χ2n) is 4.97. The molecular weight excluding hydrogens is 294 g/mol. The second kappa shape index (κ2) is 5.34. The van der Waals surface area contributed by atoms with Gasteiger partial charge in [0.15, 0.2) is 0 Å². The summed E-state index contributed by atoms with van der Waals surface area (Å²) in [5.41, 5.74) is 0.917. The maximum Gasteiger partial charge on any atom is 0.243 e. The Morgan fingerprint density at radius 1 is 1.38 bits per heavy atom. The summed E-state index contributed by atoms with van der Waals surface area (Å²) < 4.78 is 33.2. The van der Waals surface area contributed by atoms with E-state index in [1.807, 2.05) is 0 Å². The number of methoxy groups -OCH3 is 1. The number of fused-ring (bicyclic) bond motifs is 1. The SMILES string of the molecule is CO[C@H]1CNC[C@@H]1NS(=O)(=O)c1cccc2nn(C)nc12. The predicted octanol–water partition coefficient (Wildman–Crippen LogP) is -0.767.